The van der Waals surface area contributed by atoms with E-state index >= 15 is 0 Å². The van der Waals surface area contributed by atoms with Crippen molar-refractivity contribution in [1.82, 2.24) is 9.47 Å². The molecule has 1 heterocycles. The standard InChI is InChI=1S/C11H20N2/c1-10-8-11(9-13(10)4)6-5-7-12(2)3/h8-9H,5-7H2,1-4H3. The Bertz CT molecular complexity index is 242. The average Bonchev–Trinajstić information content (AvgIpc) is 2.30. The van der Waals surface area contributed by atoms with Crippen molar-refractivity contribution >= 4 is 0 Å². The summed E-state index contributed by atoms with van der Waals surface area (Å²) >= 11 is 0. The van der Waals surface area contributed by atoms with Gasteiger partial charge in [-0.05, 0) is 52.0 Å². The van der Waals surface area contributed by atoms with Crippen molar-refractivity contribution in [3.63, 3.8) is 0 Å². The molecule has 0 radical (unpaired) electrons. The number of aryl methyl sites for hydroxylation is 3. The summed E-state index contributed by atoms with van der Waals surface area (Å²) in [6.07, 6.45) is 4.67. The van der Waals surface area contributed by atoms with E-state index in [-0.39, 0.29) is 0 Å². The van der Waals surface area contributed by atoms with Crippen molar-refractivity contribution in [3.8, 4) is 0 Å². The highest BCUT2D eigenvalue weighted by atomic mass is 15.0. The van der Waals surface area contributed by atoms with Crippen LogP contribution >= 0.6 is 0 Å². The Morgan fingerprint density at radius 1 is 1.38 bits per heavy atom. The third-order valence-corrected chi connectivity index (χ3v) is 2.38. The van der Waals surface area contributed by atoms with Crippen LogP contribution in [0.5, 0.6) is 0 Å². The highest BCUT2D eigenvalue weighted by Gasteiger charge is 1.98. The molecule has 0 atom stereocenters. The molecule has 0 fully saturated rings. The van der Waals surface area contributed by atoms with Gasteiger partial charge in [-0.3, -0.25) is 0 Å². The van der Waals surface area contributed by atoms with Crippen LogP contribution in [0.15, 0.2) is 12.3 Å². The molecule has 0 N–H and O–H groups in total. The van der Waals surface area contributed by atoms with Crippen LogP contribution in [-0.4, -0.2) is 30.1 Å². The van der Waals surface area contributed by atoms with Crippen LogP contribution in [0.1, 0.15) is 17.7 Å². The van der Waals surface area contributed by atoms with E-state index in [1.807, 2.05) is 0 Å². The first kappa shape index (κ1) is 10.3. The summed E-state index contributed by atoms with van der Waals surface area (Å²) in [4.78, 5) is 2.23. The zero-order valence-electron chi connectivity index (χ0n) is 9.17. The molecule has 1 aromatic heterocycles. The summed E-state index contributed by atoms with van der Waals surface area (Å²) in [6, 6.07) is 2.27. The molecule has 2 nitrogen and oxygen atoms in total. The Hall–Kier alpha value is -0.760. The largest absolute Gasteiger partial charge is 0.354 e. The van der Waals surface area contributed by atoms with Gasteiger partial charge in [0.1, 0.15) is 0 Å². The lowest BCUT2D eigenvalue weighted by atomic mass is 10.2. The van der Waals surface area contributed by atoms with Crippen molar-refractivity contribution in [1.29, 1.82) is 0 Å². The van der Waals surface area contributed by atoms with Crippen LogP contribution < -0.4 is 0 Å². The maximum Gasteiger partial charge on any atom is 0.0143 e. The molecule has 2 heteroatoms. The summed E-state index contributed by atoms with van der Waals surface area (Å²) in [5.74, 6) is 0. The van der Waals surface area contributed by atoms with Crippen LogP contribution in [0.2, 0.25) is 0 Å². The third kappa shape index (κ3) is 3.23. The normalized spacial score (nSPS) is 11.2. The summed E-state index contributed by atoms with van der Waals surface area (Å²) < 4.78 is 2.19. The van der Waals surface area contributed by atoms with E-state index in [1.165, 1.54) is 30.6 Å². The van der Waals surface area contributed by atoms with E-state index in [0.29, 0.717) is 0 Å². The van der Waals surface area contributed by atoms with Crippen LogP contribution in [0.4, 0.5) is 0 Å². The summed E-state index contributed by atoms with van der Waals surface area (Å²) in [5.41, 5.74) is 2.81. The lowest BCUT2D eigenvalue weighted by molar-refractivity contribution is 0.400. The predicted molar refractivity (Wildman–Crippen MR) is 57.0 cm³/mol. The zero-order chi connectivity index (χ0) is 9.84. The van der Waals surface area contributed by atoms with Gasteiger partial charge in [-0.1, -0.05) is 0 Å². The fourth-order valence-electron chi connectivity index (χ4n) is 1.49. The second-order valence-corrected chi connectivity index (χ2v) is 4.01. The van der Waals surface area contributed by atoms with E-state index in [9.17, 15) is 0 Å². The van der Waals surface area contributed by atoms with E-state index in [4.69, 9.17) is 0 Å². The molecule has 0 aliphatic rings. The molecular formula is C11H20N2. The van der Waals surface area contributed by atoms with Crippen molar-refractivity contribution in [2.75, 3.05) is 20.6 Å². The minimum absolute atomic E-state index is 1.17. The molecule has 1 aromatic rings. The molecule has 0 aromatic carbocycles. The lowest BCUT2D eigenvalue weighted by Crippen LogP contribution is -2.13. The van der Waals surface area contributed by atoms with Crippen molar-refractivity contribution < 1.29 is 0 Å². The summed E-state index contributed by atoms with van der Waals surface area (Å²) in [5, 5.41) is 0. The maximum atomic E-state index is 2.27. The molecule has 1 rings (SSSR count). The lowest BCUT2D eigenvalue weighted by Gasteiger charge is -2.07. The Balaban J connectivity index is 2.37. The first-order valence-corrected chi connectivity index (χ1v) is 4.86. The Labute approximate surface area is 81.2 Å². The Morgan fingerprint density at radius 3 is 2.54 bits per heavy atom. The molecule has 13 heavy (non-hydrogen) atoms. The van der Waals surface area contributed by atoms with Crippen LogP contribution in [0, 0.1) is 6.92 Å². The molecular weight excluding hydrogens is 160 g/mol. The molecule has 0 saturated heterocycles. The van der Waals surface area contributed by atoms with Crippen LogP contribution in [0.3, 0.4) is 0 Å². The quantitative estimate of drug-likeness (QED) is 0.686. The second-order valence-electron chi connectivity index (χ2n) is 4.01. The van der Waals surface area contributed by atoms with Gasteiger partial charge in [0.2, 0.25) is 0 Å². The van der Waals surface area contributed by atoms with Gasteiger partial charge < -0.3 is 9.47 Å². The minimum Gasteiger partial charge on any atom is -0.354 e. The molecule has 74 valence electrons. The van der Waals surface area contributed by atoms with Gasteiger partial charge in [0, 0.05) is 18.9 Å². The molecule has 0 unspecified atom stereocenters. The Kier molecular flexibility index (Phi) is 3.55. The number of hydrogen-bond donors (Lipinski definition) is 0. The molecule has 0 spiro atoms. The fraction of sp³-hybridized carbons (Fsp3) is 0.636. The van der Waals surface area contributed by atoms with Crippen LogP contribution in [-0.2, 0) is 13.5 Å². The minimum atomic E-state index is 1.17. The van der Waals surface area contributed by atoms with E-state index in [1.54, 1.807) is 0 Å². The fourth-order valence-corrected chi connectivity index (χ4v) is 1.49. The van der Waals surface area contributed by atoms with Crippen molar-refractivity contribution in [2.45, 2.75) is 19.8 Å². The monoisotopic (exact) mass is 180 g/mol. The number of nitrogens with zero attached hydrogens (tertiary/aromatic N) is 2. The summed E-state index contributed by atoms with van der Waals surface area (Å²) in [7, 11) is 6.34. The zero-order valence-corrected chi connectivity index (χ0v) is 9.17. The van der Waals surface area contributed by atoms with Gasteiger partial charge in [0.05, 0.1) is 0 Å². The first-order valence-electron chi connectivity index (χ1n) is 4.86. The highest BCUT2D eigenvalue weighted by molar-refractivity contribution is 5.17. The number of hydrogen-bond acceptors (Lipinski definition) is 1. The SMILES string of the molecule is Cc1cc(CCCN(C)C)cn1C. The summed E-state index contributed by atoms with van der Waals surface area (Å²) in [6.45, 7) is 3.32. The third-order valence-electron chi connectivity index (χ3n) is 2.38. The molecule has 0 saturated carbocycles. The van der Waals surface area contributed by atoms with E-state index in [2.05, 4.69) is 49.8 Å². The average molecular weight is 180 g/mol. The van der Waals surface area contributed by atoms with E-state index in [0.717, 1.165) is 0 Å². The number of aromatic nitrogens is 1. The van der Waals surface area contributed by atoms with Crippen molar-refractivity contribution in [2.24, 2.45) is 7.05 Å². The van der Waals surface area contributed by atoms with Gasteiger partial charge in [0.15, 0.2) is 0 Å². The van der Waals surface area contributed by atoms with Gasteiger partial charge in [-0.2, -0.15) is 0 Å². The molecule has 0 amide bonds. The topological polar surface area (TPSA) is 8.17 Å². The Morgan fingerprint density at radius 2 is 2.08 bits per heavy atom. The molecule has 0 aliphatic carbocycles. The smallest absolute Gasteiger partial charge is 0.0143 e. The maximum absolute atomic E-state index is 2.27. The molecule has 0 bridgehead atoms. The van der Waals surface area contributed by atoms with Gasteiger partial charge in [-0.25, -0.2) is 0 Å². The first-order chi connectivity index (χ1) is 6.09. The predicted octanol–water partition coefficient (Wildman–Crippen LogP) is 1.83. The number of rotatable bonds is 4. The molecule has 0 aliphatic heterocycles. The van der Waals surface area contributed by atoms with E-state index < -0.39 is 0 Å². The second kappa shape index (κ2) is 4.47. The van der Waals surface area contributed by atoms with Gasteiger partial charge in [0.25, 0.3) is 0 Å². The van der Waals surface area contributed by atoms with Gasteiger partial charge in [-0.15, -0.1) is 0 Å². The highest BCUT2D eigenvalue weighted by Crippen LogP contribution is 2.08. The van der Waals surface area contributed by atoms with Crippen molar-refractivity contribution in [3.05, 3.63) is 23.5 Å². The van der Waals surface area contributed by atoms with Crippen LogP contribution in [0.25, 0.3) is 0 Å². The van der Waals surface area contributed by atoms with Gasteiger partial charge >= 0.3 is 0 Å².